The third kappa shape index (κ3) is 7.25. The maximum atomic E-state index is 14.3. The molecular weight excluding hydrogens is 467 g/mol. The van der Waals surface area contributed by atoms with Gasteiger partial charge in [-0.25, -0.2) is 4.39 Å². The molecule has 1 atom stereocenters. The summed E-state index contributed by atoms with van der Waals surface area (Å²) < 4.78 is 98.5. The van der Waals surface area contributed by atoms with Crippen molar-refractivity contribution < 1.29 is 40.6 Å². The third-order valence-corrected chi connectivity index (χ3v) is 5.90. The topological polar surface area (TPSA) is 32.7 Å². The van der Waals surface area contributed by atoms with Crippen molar-refractivity contribution in [3.8, 4) is 5.75 Å². The number of hydrogen-bond donors (Lipinski definition) is 1. The van der Waals surface area contributed by atoms with Crippen molar-refractivity contribution >= 4 is 5.69 Å². The number of anilines is 1. The fourth-order valence-electron chi connectivity index (χ4n) is 3.99. The second-order valence-electron chi connectivity index (χ2n) is 8.55. The minimum Gasteiger partial charge on any atom is -0.493 e. The predicted molar refractivity (Wildman–Crippen MR) is 113 cm³/mol. The summed E-state index contributed by atoms with van der Waals surface area (Å²) in [4.78, 5) is 0.990. The molecule has 1 aliphatic carbocycles. The van der Waals surface area contributed by atoms with Crippen molar-refractivity contribution in [3.63, 3.8) is 0 Å². The Bertz CT molecular complexity index is 940. The van der Waals surface area contributed by atoms with E-state index >= 15 is 0 Å². The summed E-state index contributed by atoms with van der Waals surface area (Å²) in [5.74, 6) is -0.247. The number of aliphatic hydroxyl groups excluding tert-OH is 1. The lowest BCUT2D eigenvalue weighted by atomic mass is 9.90. The van der Waals surface area contributed by atoms with E-state index in [4.69, 9.17) is 4.74 Å². The number of ether oxygens (including phenoxy) is 1. The highest BCUT2D eigenvalue weighted by molar-refractivity contribution is 5.51. The summed E-state index contributed by atoms with van der Waals surface area (Å²) in [7, 11) is 0. The summed E-state index contributed by atoms with van der Waals surface area (Å²) >= 11 is 0. The average molecular weight is 493 g/mol. The average Bonchev–Trinajstić information content (AvgIpc) is 2.78. The van der Waals surface area contributed by atoms with Crippen LogP contribution >= 0.6 is 0 Å². The first-order valence-electron chi connectivity index (χ1n) is 11.0. The van der Waals surface area contributed by atoms with E-state index in [9.17, 15) is 35.8 Å². The van der Waals surface area contributed by atoms with Gasteiger partial charge in [-0.05, 0) is 49.1 Å². The van der Waals surface area contributed by atoms with Gasteiger partial charge in [-0.3, -0.25) is 0 Å². The molecule has 0 saturated heterocycles. The Labute approximate surface area is 193 Å². The molecule has 1 N–H and O–H groups in total. The van der Waals surface area contributed by atoms with Gasteiger partial charge in [0.25, 0.3) is 0 Å². The fourth-order valence-corrected chi connectivity index (χ4v) is 3.99. The Balaban J connectivity index is 1.85. The van der Waals surface area contributed by atoms with Crippen LogP contribution in [-0.4, -0.2) is 30.5 Å². The second-order valence-corrected chi connectivity index (χ2v) is 8.55. The zero-order valence-electron chi connectivity index (χ0n) is 18.3. The number of halogens is 7. The normalized spacial score (nSPS) is 16.4. The lowest BCUT2D eigenvalue weighted by Crippen LogP contribution is -2.41. The number of benzene rings is 2. The van der Waals surface area contributed by atoms with Gasteiger partial charge in [0.2, 0.25) is 0 Å². The Hall–Kier alpha value is -2.49. The molecular formula is C24H26F7NO2. The maximum Gasteiger partial charge on any atom is 0.416 e. The number of hydrogen-bond acceptors (Lipinski definition) is 3. The lowest BCUT2D eigenvalue weighted by molar-refractivity contribution is -0.200. The van der Waals surface area contributed by atoms with E-state index < -0.39 is 48.5 Å². The zero-order valence-corrected chi connectivity index (χ0v) is 18.3. The molecule has 0 heterocycles. The molecule has 2 aromatic rings. The Morgan fingerprint density at radius 1 is 0.971 bits per heavy atom. The maximum absolute atomic E-state index is 14.3. The molecule has 34 heavy (non-hydrogen) atoms. The van der Waals surface area contributed by atoms with Gasteiger partial charge < -0.3 is 14.7 Å². The Morgan fingerprint density at radius 3 is 2.32 bits per heavy atom. The van der Waals surface area contributed by atoms with Crippen molar-refractivity contribution in [2.75, 3.05) is 18.1 Å². The monoisotopic (exact) mass is 493 g/mol. The molecule has 1 saturated carbocycles. The molecule has 0 aromatic heterocycles. The summed E-state index contributed by atoms with van der Waals surface area (Å²) in [5, 5.41) is 9.62. The smallest absolute Gasteiger partial charge is 0.416 e. The molecule has 0 amide bonds. The molecule has 0 radical (unpaired) electrons. The molecule has 3 rings (SSSR count). The number of alkyl halides is 6. The van der Waals surface area contributed by atoms with Gasteiger partial charge in [0.05, 0.1) is 18.7 Å². The lowest BCUT2D eigenvalue weighted by Gasteiger charge is -2.29. The number of aliphatic hydroxyl groups is 1. The second kappa shape index (κ2) is 10.8. The van der Waals surface area contributed by atoms with Crippen LogP contribution in [0.2, 0.25) is 0 Å². The van der Waals surface area contributed by atoms with Crippen LogP contribution in [0.1, 0.15) is 43.2 Å². The van der Waals surface area contributed by atoms with E-state index in [2.05, 4.69) is 0 Å². The molecule has 188 valence electrons. The Kier molecular flexibility index (Phi) is 8.33. The van der Waals surface area contributed by atoms with Gasteiger partial charge in [-0.15, -0.1) is 0 Å². The van der Waals surface area contributed by atoms with Crippen molar-refractivity contribution in [1.82, 2.24) is 0 Å². The van der Waals surface area contributed by atoms with E-state index in [-0.39, 0.29) is 5.69 Å². The number of rotatable bonds is 8. The first-order valence-corrected chi connectivity index (χ1v) is 11.0. The highest BCUT2D eigenvalue weighted by atomic mass is 19.4. The largest absolute Gasteiger partial charge is 0.493 e. The number of nitrogens with zero attached hydrogens (tertiary/aromatic N) is 1. The van der Waals surface area contributed by atoms with Crippen LogP contribution < -0.4 is 9.64 Å². The highest BCUT2D eigenvalue weighted by Gasteiger charge is 2.39. The molecule has 0 aliphatic heterocycles. The van der Waals surface area contributed by atoms with E-state index in [0.717, 1.165) is 30.6 Å². The minimum absolute atomic E-state index is 0.154. The molecule has 0 unspecified atom stereocenters. The van der Waals surface area contributed by atoms with Crippen molar-refractivity contribution in [1.29, 1.82) is 0 Å². The van der Waals surface area contributed by atoms with Gasteiger partial charge in [-0.2, -0.15) is 26.3 Å². The van der Waals surface area contributed by atoms with Gasteiger partial charge >= 0.3 is 12.4 Å². The van der Waals surface area contributed by atoms with Crippen LogP contribution in [0.15, 0.2) is 42.5 Å². The summed E-state index contributed by atoms with van der Waals surface area (Å²) in [6, 6.07) is 7.77. The van der Waals surface area contributed by atoms with E-state index in [1.807, 2.05) is 0 Å². The quantitative estimate of drug-likeness (QED) is 0.414. The van der Waals surface area contributed by atoms with Gasteiger partial charge in [0, 0.05) is 23.9 Å². The van der Waals surface area contributed by atoms with Crippen LogP contribution in [0, 0.1) is 11.7 Å². The summed E-state index contributed by atoms with van der Waals surface area (Å²) in [6.45, 7) is -1.17. The first kappa shape index (κ1) is 26.1. The zero-order chi connectivity index (χ0) is 24.9. The molecule has 10 heteroatoms. The summed E-state index contributed by atoms with van der Waals surface area (Å²) in [6.07, 6.45) is -7.04. The predicted octanol–water partition coefficient (Wildman–Crippen LogP) is 6.73. The first-order chi connectivity index (χ1) is 15.9. The standard InChI is InChI=1S/C24H26F7NO2/c25-21-10-9-18(23(26,27)28)11-17(21)13-32(14-22(33)24(29,30)31)19-7-4-8-20(12-19)34-15-16-5-2-1-3-6-16/h4,7-12,16,22,33H,1-3,5-6,13-15H2/t22-/m1/s1. The molecule has 0 spiro atoms. The SMILES string of the molecule is O[C@H](CN(Cc1cc(C(F)(F)F)ccc1F)c1cccc(OCC2CCCCC2)c1)C(F)(F)F. The summed E-state index contributed by atoms with van der Waals surface area (Å²) in [5.41, 5.74) is -1.41. The van der Waals surface area contributed by atoms with Crippen molar-refractivity contribution in [2.45, 2.75) is 57.1 Å². The molecule has 3 nitrogen and oxygen atoms in total. The minimum atomic E-state index is -4.96. The van der Waals surface area contributed by atoms with Crippen LogP contribution in [0.5, 0.6) is 5.75 Å². The van der Waals surface area contributed by atoms with Crippen LogP contribution in [-0.2, 0) is 12.7 Å². The van der Waals surface area contributed by atoms with E-state index in [1.165, 1.54) is 24.6 Å². The van der Waals surface area contributed by atoms with Gasteiger partial charge in [0.1, 0.15) is 11.6 Å². The van der Waals surface area contributed by atoms with Crippen LogP contribution in [0.4, 0.5) is 36.4 Å². The van der Waals surface area contributed by atoms with Gasteiger partial charge in [-0.1, -0.05) is 25.3 Å². The fraction of sp³-hybridized carbons (Fsp3) is 0.500. The van der Waals surface area contributed by atoms with Gasteiger partial charge in [0.15, 0.2) is 6.10 Å². The highest BCUT2D eigenvalue weighted by Crippen LogP contribution is 2.32. The van der Waals surface area contributed by atoms with E-state index in [0.29, 0.717) is 36.5 Å². The van der Waals surface area contributed by atoms with Crippen molar-refractivity contribution in [3.05, 3.63) is 59.4 Å². The molecule has 1 aliphatic rings. The molecule has 0 bridgehead atoms. The Morgan fingerprint density at radius 2 is 1.68 bits per heavy atom. The van der Waals surface area contributed by atoms with Crippen LogP contribution in [0.3, 0.4) is 0 Å². The van der Waals surface area contributed by atoms with Crippen molar-refractivity contribution in [2.24, 2.45) is 5.92 Å². The van der Waals surface area contributed by atoms with E-state index in [1.54, 1.807) is 6.07 Å². The molecule has 2 aromatic carbocycles. The third-order valence-electron chi connectivity index (χ3n) is 5.90. The van der Waals surface area contributed by atoms with Crippen LogP contribution in [0.25, 0.3) is 0 Å². The molecule has 1 fully saturated rings.